The number of carbonyl (C=O) groups is 2. The van der Waals surface area contributed by atoms with Crippen LogP contribution >= 0.6 is 0 Å². The third-order valence-electron chi connectivity index (χ3n) is 3.42. The zero-order valence-corrected chi connectivity index (χ0v) is 13.8. The van der Waals surface area contributed by atoms with Crippen LogP contribution in [0, 0.1) is 0 Å². The first-order chi connectivity index (χ1) is 11.7. The molecule has 0 heterocycles. The predicted octanol–water partition coefficient (Wildman–Crippen LogP) is 1.99. The Labute approximate surface area is 142 Å². The maximum atomic E-state index is 11.6. The van der Waals surface area contributed by atoms with Crippen LogP contribution in [-0.4, -0.2) is 35.1 Å². The molecule has 1 rings (SSSR count). The second kappa shape index (κ2) is 12.2. The van der Waals surface area contributed by atoms with Gasteiger partial charge in [0.05, 0.1) is 6.61 Å². The summed E-state index contributed by atoms with van der Waals surface area (Å²) in [5.74, 6) is -0.290. The third kappa shape index (κ3) is 9.02. The predicted molar refractivity (Wildman–Crippen MR) is 94.1 cm³/mol. The van der Waals surface area contributed by atoms with E-state index in [2.05, 4.69) is 5.32 Å². The number of Topliss-reactive ketones (excluding diaryl/α,β-unsaturated/α-hetero) is 1. The molecule has 0 aliphatic heterocycles. The summed E-state index contributed by atoms with van der Waals surface area (Å²) in [5.41, 5.74) is 1.86. The average molecular weight is 331 g/mol. The van der Waals surface area contributed by atoms with E-state index in [1.54, 1.807) is 12.2 Å². The van der Waals surface area contributed by atoms with E-state index in [1.807, 2.05) is 30.3 Å². The lowest BCUT2D eigenvalue weighted by Gasteiger charge is -2.01. The number of allylic oxidation sites excluding steroid dienone is 2. The summed E-state index contributed by atoms with van der Waals surface area (Å²) in [6.07, 6.45) is 9.60. The minimum absolute atomic E-state index is 0.0296. The van der Waals surface area contributed by atoms with E-state index in [0.29, 0.717) is 13.0 Å². The summed E-state index contributed by atoms with van der Waals surface area (Å²) in [4.78, 5) is 22.5. The number of rotatable bonds is 11. The van der Waals surface area contributed by atoms with Gasteiger partial charge in [0, 0.05) is 19.0 Å². The monoisotopic (exact) mass is 331 g/mol. The fraction of sp³-hybridized carbons (Fsp3) is 0.368. The van der Waals surface area contributed by atoms with Crippen molar-refractivity contribution in [3.8, 4) is 0 Å². The number of hydrogen-bond acceptors (Lipinski definition) is 4. The van der Waals surface area contributed by atoms with Crippen molar-refractivity contribution in [2.75, 3.05) is 13.2 Å². The molecule has 0 saturated carbocycles. The van der Waals surface area contributed by atoms with Crippen molar-refractivity contribution < 1.29 is 19.8 Å². The molecule has 3 N–H and O–H groups in total. The number of carbonyl (C=O) groups excluding carboxylic acids is 2. The maximum absolute atomic E-state index is 11.6. The Morgan fingerprint density at radius 2 is 1.75 bits per heavy atom. The molecular weight excluding hydrogens is 306 g/mol. The molecule has 0 atom stereocenters. The molecule has 1 aromatic rings. The van der Waals surface area contributed by atoms with E-state index >= 15 is 0 Å². The molecule has 1 aromatic carbocycles. The van der Waals surface area contributed by atoms with Crippen molar-refractivity contribution in [1.82, 2.24) is 5.32 Å². The normalized spacial score (nSPS) is 11.2. The first-order valence-electron chi connectivity index (χ1n) is 8.10. The van der Waals surface area contributed by atoms with Gasteiger partial charge in [0.1, 0.15) is 6.61 Å². The minimum atomic E-state index is -0.388. The third-order valence-corrected chi connectivity index (χ3v) is 3.42. The zero-order valence-electron chi connectivity index (χ0n) is 13.8. The molecule has 5 nitrogen and oxygen atoms in total. The number of ketones is 1. The van der Waals surface area contributed by atoms with Gasteiger partial charge >= 0.3 is 0 Å². The number of aliphatic hydroxyl groups excluding tert-OH is 2. The highest BCUT2D eigenvalue weighted by molar-refractivity contribution is 5.87. The number of nitrogens with one attached hydrogen (secondary N) is 1. The second-order valence-corrected chi connectivity index (χ2v) is 5.42. The number of hydrogen-bond donors (Lipinski definition) is 3. The number of unbranched alkanes of at least 4 members (excludes halogenated alkanes) is 2. The fourth-order valence-electron chi connectivity index (χ4n) is 2.02. The van der Waals surface area contributed by atoms with Crippen LogP contribution < -0.4 is 5.32 Å². The van der Waals surface area contributed by atoms with E-state index in [-0.39, 0.29) is 24.9 Å². The van der Waals surface area contributed by atoms with E-state index in [4.69, 9.17) is 10.2 Å². The van der Waals surface area contributed by atoms with Crippen molar-refractivity contribution in [3.05, 3.63) is 53.6 Å². The highest BCUT2D eigenvalue weighted by Gasteiger charge is 1.99. The molecule has 0 aromatic heterocycles. The van der Waals surface area contributed by atoms with Crippen LogP contribution in [0.5, 0.6) is 0 Å². The SMILES string of the molecule is O=C(CO)CCCCCNC(=O)/C=C/C=C/c1ccc(CO)cc1. The number of aliphatic hydroxyl groups is 2. The Hall–Kier alpha value is -2.24. The molecule has 0 spiro atoms. The quantitative estimate of drug-likeness (QED) is 0.329. The van der Waals surface area contributed by atoms with Gasteiger partial charge in [0.2, 0.25) is 5.91 Å². The standard InChI is InChI=1S/C19H25NO4/c21-14-17-11-9-16(10-12-17)6-3-4-8-19(24)20-13-5-1-2-7-18(23)15-22/h3-4,6,8-12,21-22H,1-2,5,7,13-15H2,(H,20,24)/b6-3+,8-4+. The van der Waals surface area contributed by atoms with Gasteiger partial charge in [0.25, 0.3) is 0 Å². The summed E-state index contributed by atoms with van der Waals surface area (Å²) >= 11 is 0. The Morgan fingerprint density at radius 3 is 2.42 bits per heavy atom. The van der Waals surface area contributed by atoms with Crippen molar-refractivity contribution in [2.45, 2.75) is 32.3 Å². The summed E-state index contributed by atoms with van der Waals surface area (Å²) in [7, 11) is 0. The fourth-order valence-corrected chi connectivity index (χ4v) is 2.02. The highest BCUT2D eigenvalue weighted by Crippen LogP contribution is 2.06. The molecule has 0 fully saturated rings. The van der Waals surface area contributed by atoms with E-state index in [9.17, 15) is 9.59 Å². The Balaban J connectivity index is 2.16. The van der Waals surface area contributed by atoms with Gasteiger partial charge < -0.3 is 15.5 Å². The van der Waals surface area contributed by atoms with Crippen molar-refractivity contribution in [1.29, 1.82) is 0 Å². The molecule has 1 amide bonds. The molecule has 24 heavy (non-hydrogen) atoms. The summed E-state index contributed by atoms with van der Waals surface area (Å²) in [6.45, 7) is 0.214. The van der Waals surface area contributed by atoms with Gasteiger partial charge in [0.15, 0.2) is 5.78 Å². The first kappa shape index (κ1) is 19.8. The Kier molecular flexibility index (Phi) is 10.1. The van der Waals surface area contributed by atoms with E-state index in [0.717, 1.165) is 30.4 Å². The summed E-state index contributed by atoms with van der Waals surface area (Å²) in [6, 6.07) is 7.50. The summed E-state index contributed by atoms with van der Waals surface area (Å²) in [5, 5.41) is 20.3. The summed E-state index contributed by atoms with van der Waals surface area (Å²) < 4.78 is 0. The lowest BCUT2D eigenvalue weighted by Crippen LogP contribution is -2.22. The molecular formula is C19H25NO4. The highest BCUT2D eigenvalue weighted by atomic mass is 16.3. The lowest BCUT2D eigenvalue weighted by atomic mass is 10.1. The van der Waals surface area contributed by atoms with Crippen LogP contribution in [0.1, 0.15) is 36.8 Å². The van der Waals surface area contributed by atoms with Crippen LogP contribution in [0.4, 0.5) is 0 Å². The van der Waals surface area contributed by atoms with Crippen LogP contribution in [0.15, 0.2) is 42.5 Å². The minimum Gasteiger partial charge on any atom is -0.392 e. The molecule has 0 bridgehead atoms. The first-order valence-corrected chi connectivity index (χ1v) is 8.10. The van der Waals surface area contributed by atoms with Gasteiger partial charge in [-0.1, -0.05) is 48.9 Å². The van der Waals surface area contributed by atoms with Gasteiger partial charge in [-0.3, -0.25) is 9.59 Å². The Bertz CT molecular complexity index is 561. The van der Waals surface area contributed by atoms with Crippen molar-refractivity contribution >= 4 is 17.8 Å². The molecule has 0 aliphatic rings. The topological polar surface area (TPSA) is 86.6 Å². The molecule has 0 radical (unpaired) electrons. The van der Waals surface area contributed by atoms with Gasteiger partial charge in [-0.15, -0.1) is 0 Å². The van der Waals surface area contributed by atoms with Crippen LogP contribution in [0.25, 0.3) is 6.08 Å². The maximum Gasteiger partial charge on any atom is 0.243 e. The molecule has 130 valence electrons. The largest absolute Gasteiger partial charge is 0.392 e. The number of amides is 1. The Morgan fingerprint density at radius 1 is 1.00 bits per heavy atom. The zero-order chi connectivity index (χ0) is 17.6. The van der Waals surface area contributed by atoms with Crippen molar-refractivity contribution in [3.63, 3.8) is 0 Å². The van der Waals surface area contributed by atoms with Gasteiger partial charge in [-0.25, -0.2) is 0 Å². The van der Waals surface area contributed by atoms with E-state index in [1.165, 1.54) is 6.08 Å². The van der Waals surface area contributed by atoms with E-state index < -0.39 is 0 Å². The van der Waals surface area contributed by atoms with Gasteiger partial charge in [-0.2, -0.15) is 0 Å². The molecule has 0 unspecified atom stereocenters. The molecule has 0 saturated heterocycles. The smallest absolute Gasteiger partial charge is 0.243 e. The molecule has 5 heteroatoms. The van der Waals surface area contributed by atoms with Crippen molar-refractivity contribution in [2.24, 2.45) is 0 Å². The second-order valence-electron chi connectivity index (χ2n) is 5.42. The average Bonchev–Trinajstić information content (AvgIpc) is 2.61. The molecule has 0 aliphatic carbocycles. The number of benzene rings is 1. The van der Waals surface area contributed by atoms with Crippen LogP contribution in [0.2, 0.25) is 0 Å². The lowest BCUT2D eigenvalue weighted by molar-refractivity contribution is -0.122. The van der Waals surface area contributed by atoms with Crippen LogP contribution in [0.3, 0.4) is 0 Å². The van der Waals surface area contributed by atoms with Crippen LogP contribution in [-0.2, 0) is 16.2 Å². The van der Waals surface area contributed by atoms with Gasteiger partial charge in [-0.05, 0) is 24.0 Å².